The number of H-pyrrole nitrogens is 1. The van der Waals surface area contributed by atoms with Crippen molar-refractivity contribution in [1.29, 1.82) is 0 Å². The van der Waals surface area contributed by atoms with Crippen molar-refractivity contribution in [3.8, 4) is 0 Å². The SMILES string of the molecule is O=C(Cn1c(C2CC(=O)N(c3ccc(Cl)cc3)C2)nc2ccccc21)c1n[nH]c(=S)o1. The van der Waals surface area contributed by atoms with Crippen molar-refractivity contribution in [3.05, 3.63) is 70.1 Å². The molecule has 1 fully saturated rings. The van der Waals surface area contributed by atoms with E-state index >= 15 is 0 Å². The van der Waals surface area contributed by atoms with E-state index < -0.39 is 0 Å². The molecule has 2 aromatic heterocycles. The Bertz CT molecular complexity index is 1360. The summed E-state index contributed by atoms with van der Waals surface area (Å²) in [6.07, 6.45) is 0.295. The molecule has 31 heavy (non-hydrogen) atoms. The molecule has 0 saturated carbocycles. The van der Waals surface area contributed by atoms with Crippen LogP contribution >= 0.6 is 23.8 Å². The average Bonchev–Trinajstić information content (AvgIpc) is 3.46. The second-order valence-electron chi connectivity index (χ2n) is 7.27. The minimum Gasteiger partial charge on any atom is -0.406 e. The first-order chi connectivity index (χ1) is 15.0. The number of halogens is 1. The molecule has 0 bridgehead atoms. The highest BCUT2D eigenvalue weighted by atomic mass is 35.5. The Morgan fingerprint density at radius 2 is 2.00 bits per heavy atom. The van der Waals surface area contributed by atoms with Gasteiger partial charge in [0.05, 0.1) is 17.6 Å². The van der Waals surface area contributed by atoms with Crippen LogP contribution in [-0.4, -0.2) is 38.0 Å². The summed E-state index contributed by atoms with van der Waals surface area (Å²) in [7, 11) is 0. The predicted molar refractivity (Wildman–Crippen MR) is 117 cm³/mol. The number of nitrogens with zero attached hydrogens (tertiary/aromatic N) is 4. The van der Waals surface area contributed by atoms with Gasteiger partial charge in [-0.1, -0.05) is 23.7 Å². The quantitative estimate of drug-likeness (QED) is 0.360. The van der Waals surface area contributed by atoms with Crippen molar-refractivity contribution in [2.75, 3.05) is 11.4 Å². The lowest BCUT2D eigenvalue weighted by atomic mass is 10.1. The van der Waals surface area contributed by atoms with E-state index in [0.717, 1.165) is 16.7 Å². The molecule has 5 rings (SSSR count). The van der Waals surface area contributed by atoms with E-state index in [4.69, 9.17) is 33.2 Å². The minimum absolute atomic E-state index is 0.00435. The number of anilines is 1. The number of hydrogen-bond acceptors (Lipinski definition) is 6. The van der Waals surface area contributed by atoms with Gasteiger partial charge in [-0.3, -0.25) is 9.59 Å². The van der Waals surface area contributed by atoms with Crippen LogP contribution in [0.1, 0.15) is 28.8 Å². The summed E-state index contributed by atoms with van der Waals surface area (Å²) in [6, 6.07) is 14.7. The van der Waals surface area contributed by atoms with Crippen LogP contribution in [0.2, 0.25) is 5.02 Å². The van der Waals surface area contributed by atoms with Crippen LogP contribution in [0.25, 0.3) is 11.0 Å². The number of amides is 1. The van der Waals surface area contributed by atoms with Gasteiger partial charge in [-0.15, -0.1) is 5.10 Å². The van der Waals surface area contributed by atoms with Crippen LogP contribution in [-0.2, 0) is 11.3 Å². The lowest BCUT2D eigenvalue weighted by molar-refractivity contribution is -0.117. The zero-order chi connectivity index (χ0) is 21.5. The summed E-state index contributed by atoms with van der Waals surface area (Å²) in [6.45, 7) is 0.436. The Kier molecular flexibility index (Phi) is 4.91. The second kappa shape index (κ2) is 7.75. The molecule has 1 atom stereocenters. The van der Waals surface area contributed by atoms with Crippen molar-refractivity contribution in [2.45, 2.75) is 18.9 Å². The number of imidazole rings is 1. The smallest absolute Gasteiger partial charge is 0.284 e. The molecule has 1 amide bonds. The van der Waals surface area contributed by atoms with Gasteiger partial charge in [0.25, 0.3) is 10.7 Å². The van der Waals surface area contributed by atoms with Crippen LogP contribution in [0.15, 0.2) is 52.9 Å². The Morgan fingerprint density at radius 1 is 1.23 bits per heavy atom. The van der Waals surface area contributed by atoms with Gasteiger partial charge < -0.3 is 13.9 Å². The molecule has 0 aliphatic carbocycles. The largest absolute Gasteiger partial charge is 0.406 e. The molecule has 1 N–H and O–H groups in total. The number of nitrogens with one attached hydrogen (secondary N) is 1. The summed E-state index contributed by atoms with van der Waals surface area (Å²) in [4.78, 5) is 32.0. The van der Waals surface area contributed by atoms with E-state index in [1.807, 2.05) is 41.0 Å². The van der Waals surface area contributed by atoms with E-state index in [1.54, 1.807) is 17.0 Å². The molecule has 1 aliphatic heterocycles. The maximum absolute atomic E-state index is 12.8. The second-order valence-corrected chi connectivity index (χ2v) is 8.08. The number of carbonyl (C=O) groups excluding carboxylic acids is 2. The fourth-order valence-corrected chi connectivity index (χ4v) is 4.13. The summed E-state index contributed by atoms with van der Waals surface area (Å²) >= 11 is 10.8. The molecule has 1 unspecified atom stereocenters. The fraction of sp³-hybridized carbons (Fsp3) is 0.190. The lowest BCUT2D eigenvalue weighted by Crippen LogP contribution is -2.24. The highest BCUT2D eigenvalue weighted by molar-refractivity contribution is 7.71. The Hall–Kier alpha value is -3.30. The fourth-order valence-electron chi connectivity index (χ4n) is 3.88. The van der Waals surface area contributed by atoms with E-state index in [1.165, 1.54) is 0 Å². The molecule has 0 spiro atoms. The molecule has 0 radical (unpaired) electrons. The third-order valence-electron chi connectivity index (χ3n) is 5.29. The molecule has 10 heteroatoms. The van der Waals surface area contributed by atoms with Crippen LogP contribution < -0.4 is 4.90 Å². The standard InChI is InChI=1S/C21H16ClN5O3S/c22-13-5-7-14(8-6-13)26-10-12(9-18(26)29)19-23-15-3-1-2-4-16(15)27(19)11-17(28)20-24-25-21(31)30-20/h1-8,12H,9-11H2,(H,25,31). The van der Waals surface area contributed by atoms with E-state index in [-0.39, 0.29) is 34.9 Å². The first kappa shape index (κ1) is 19.7. The Balaban J connectivity index is 1.50. The van der Waals surface area contributed by atoms with Gasteiger partial charge in [-0.25, -0.2) is 10.1 Å². The molecule has 156 valence electrons. The summed E-state index contributed by atoms with van der Waals surface area (Å²) in [5.41, 5.74) is 2.34. The summed E-state index contributed by atoms with van der Waals surface area (Å²) in [5, 5.41) is 6.89. The maximum atomic E-state index is 12.8. The van der Waals surface area contributed by atoms with Gasteiger partial charge in [0.1, 0.15) is 5.82 Å². The van der Waals surface area contributed by atoms with Gasteiger partial charge in [0.15, 0.2) is 0 Å². The van der Waals surface area contributed by atoms with Crippen LogP contribution in [0.4, 0.5) is 5.69 Å². The number of aromatic nitrogens is 4. The van der Waals surface area contributed by atoms with Gasteiger partial charge in [-0.2, -0.15) is 0 Å². The molecule has 1 saturated heterocycles. The molecule has 4 aromatic rings. The number of rotatable bonds is 5. The van der Waals surface area contributed by atoms with Crippen molar-refractivity contribution in [1.82, 2.24) is 19.7 Å². The highest BCUT2D eigenvalue weighted by Gasteiger charge is 2.35. The Labute approximate surface area is 186 Å². The first-order valence-corrected chi connectivity index (χ1v) is 10.4. The third kappa shape index (κ3) is 3.66. The number of carbonyl (C=O) groups is 2. The molecule has 8 nitrogen and oxygen atoms in total. The topological polar surface area (TPSA) is 97.0 Å². The minimum atomic E-state index is -0.337. The van der Waals surface area contributed by atoms with E-state index in [2.05, 4.69) is 10.2 Å². The first-order valence-electron chi connectivity index (χ1n) is 9.59. The molecular formula is C21H16ClN5O3S. The average molecular weight is 454 g/mol. The number of ketones is 1. The monoisotopic (exact) mass is 453 g/mol. The van der Waals surface area contributed by atoms with Crippen LogP contribution in [0.5, 0.6) is 0 Å². The number of aromatic amines is 1. The number of para-hydroxylation sites is 2. The molecule has 2 aromatic carbocycles. The normalized spacial score (nSPS) is 16.4. The summed E-state index contributed by atoms with van der Waals surface area (Å²) < 4.78 is 6.99. The highest BCUT2D eigenvalue weighted by Crippen LogP contribution is 2.33. The molecule has 1 aliphatic rings. The van der Waals surface area contributed by atoms with Crippen molar-refractivity contribution >= 4 is 52.2 Å². The van der Waals surface area contributed by atoms with Crippen LogP contribution in [0.3, 0.4) is 0 Å². The number of benzene rings is 2. The maximum Gasteiger partial charge on any atom is 0.284 e. The van der Waals surface area contributed by atoms with Gasteiger partial charge in [0, 0.05) is 29.6 Å². The molecular weight excluding hydrogens is 438 g/mol. The Morgan fingerprint density at radius 3 is 2.74 bits per heavy atom. The van der Waals surface area contributed by atoms with Crippen molar-refractivity contribution in [2.24, 2.45) is 0 Å². The van der Waals surface area contributed by atoms with E-state index in [9.17, 15) is 9.59 Å². The van der Waals surface area contributed by atoms with Gasteiger partial charge in [0.2, 0.25) is 11.7 Å². The van der Waals surface area contributed by atoms with Crippen molar-refractivity contribution in [3.63, 3.8) is 0 Å². The lowest BCUT2D eigenvalue weighted by Gasteiger charge is -2.17. The zero-order valence-electron chi connectivity index (χ0n) is 16.1. The third-order valence-corrected chi connectivity index (χ3v) is 5.72. The van der Waals surface area contributed by atoms with Gasteiger partial charge >= 0.3 is 0 Å². The predicted octanol–water partition coefficient (Wildman–Crippen LogP) is 4.14. The van der Waals surface area contributed by atoms with Gasteiger partial charge in [-0.05, 0) is 48.6 Å². The summed E-state index contributed by atoms with van der Waals surface area (Å²) in [5.74, 6) is 0.0764. The zero-order valence-corrected chi connectivity index (χ0v) is 17.7. The molecule has 3 heterocycles. The van der Waals surface area contributed by atoms with Crippen molar-refractivity contribution < 1.29 is 14.0 Å². The number of Topliss-reactive ketones (excluding diaryl/α,β-unsaturated/α-hetero) is 1. The van der Waals surface area contributed by atoms with Crippen LogP contribution in [0, 0.1) is 4.84 Å². The number of fused-ring (bicyclic) bond motifs is 1. The number of hydrogen-bond donors (Lipinski definition) is 1. The van der Waals surface area contributed by atoms with E-state index in [0.29, 0.717) is 23.8 Å².